The van der Waals surface area contributed by atoms with Crippen LogP contribution in [0.25, 0.3) is 5.69 Å². The van der Waals surface area contributed by atoms with E-state index < -0.39 is 5.41 Å². The van der Waals surface area contributed by atoms with E-state index in [4.69, 9.17) is 0 Å². The highest BCUT2D eigenvalue weighted by Gasteiger charge is 2.46. The topological polar surface area (TPSA) is 59.8 Å². The van der Waals surface area contributed by atoms with Gasteiger partial charge in [0.1, 0.15) is 18.5 Å². The van der Waals surface area contributed by atoms with Crippen LogP contribution in [0.3, 0.4) is 0 Å². The van der Waals surface area contributed by atoms with Crippen LogP contribution in [0.1, 0.15) is 43.4 Å². The Labute approximate surface area is 157 Å². The van der Waals surface area contributed by atoms with E-state index in [9.17, 15) is 9.18 Å². The van der Waals surface area contributed by atoms with Crippen LogP contribution in [0.5, 0.6) is 0 Å². The number of carbonyl (C=O) groups is 1. The molecule has 1 atom stereocenters. The fraction of sp³-hybridized carbons (Fsp3) is 0.286. The third-order valence-corrected chi connectivity index (χ3v) is 5.44. The summed E-state index contributed by atoms with van der Waals surface area (Å²) in [4.78, 5) is 17.0. The maximum Gasteiger partial charge on any atom is 0.231 e. The zero-order valence-electron chi connectivity index (χ0n) is 15.1. The summed E-state index contributed by atoms with van der Waals surface area (Å²) >= 11 is 0. The first-order valence-corrected chi connectivity index (χ1v) is 9.10. The Morgan fingerprint density at radius 3 is 2.59 bits per heavy atom. The van der Waals surface area contributed by atoms with Crippen LogP contribution in [0.2, 0.25) is 0 Å². The standard InChI is InChI=1S/C21H21FN4O/c1-15(16-6-8-19(9-7-16)26-14-23-13-24-26)25-20(27)21(10-3-11-21)17-4-2-5-18(22)12-17/h2,4-9,12-15H,3,10-11H2,1H3,(H,25,27). The summed E-state index contributed by atoms with van der Waals surface area (Å²) in [7, 11) is 0. The van der Waals surface area contributed by atoms with E-state index in [0.717, 1.165) is 36.1 Å². The van der Waals surface area contributed by atoms with Crippen molar-refractivity contribution in [2.24, 2.45) is 0 Å². The zero-order valence-corrected chi connectivity index (χ0v) is 15.1. The molecule has 6 heteroatoms. The minimum atomic E-state index is -0.614. The van der Waals surface area contributed by atoms with E-state index in [-0.39, 0.29) is 17.8 Å². The van der Waals surface area contributed by atoms with Crippen LogP contribution in [-0.4, -0.2) is 20.7 Å². The second-order valence-corrected chi connectivity index (χ2v) is 7.07. The summed E-state index contributed by atoms with van der Waals surface area (Å²) < 4.78 is 15.3. The van der Waals surface area contributed by atoms with Crippen LogP contribution in [0.15, 0.2) is 61.2 Å². The first-order valence-electron chi connectivity index (χ1n) is 9.10. The van der Waals surface area contributed by atoms with Gasteiger partial charge in [0.05, 0.1) is 17.1 Å². The van der Waals surface area contributed by atoms with Gasteiger partial charge in [-0.25, -0.2) is 14.1 Å². The Bertz CT molecular complexity index is 933. The van der Waals surface area contributed by atoms with E-state index in [1.807, 2.05) is 37.3 Å². The molecular formula is C21H21FN4O. The molecule has 27 heavy (non-hydrogen) atoms. The van der Waals surface area contributed by atoms with Crippen LogP contribution in [-0.2, 0) is 10.2 Å². The number of halogens is 1. The molecule has 3 aromatic rings. The molecule has 0 aliphatic heterocycles. The van der Waals surface area contributed by atoms with Crippen LogP contribution in [0, 0.1) is 5.82 Å². The van der Waals surface area contributed by atoms with Crippen molar-refractivity contribution in [3.05, 3.63) is 78.1 Å². The van der Waals surface area contributed by atoms with Gasteiger partial charge in [-0.3, -0.25) is 4.79 Å². The average molecular weight is 364 g/mol. The van der Waals surface area contributed by atoms with Crippen molar-refractivity contribution in [1.82, 2.24) is 20.1 Å². The van der Waals surface area contributed by atoms with Gasteiger partial charge < -0.3 is 5.32 Å². The predicted octanol–water partition coefficient (Wildman–Crippen LogP) is 3.71. The summed E-state index contributed by atoms with van der Waals surface area (Å²) in [5.74, 6) is -0.337. The quantitative estimate of drug-likeness (QED) is 0.751. The lowest BCUT2D eigenvalue weighted by Gasteiger charge is -2.41. The first kappa shape index (κ1) is 17.4. The highest BCUT2D eigenvalue weighted by molar-refractivity contribution is 5.89. The molecule has 1 aliphatic carbocycles. The van der Waals surface area contributed by atoms with Crippen LogP contribution < -0.4 is 5.32 Å². The molecule has 0 radical (unpaired) electrons. The fourth-order valence-corrected chi connectivity index (χ4v) is 3.64. The summed E-state index contributed by atoms with van der Waals surface area (Å²) in [5.41, 5.74) is 2.06. The summed E-state index contributed by atoms with van der Waals surface area (Å²) in [6, 6.07) is 14.1. The molecule has 2 aromatic carbocycles. The molecule has 4 rings (SSSR count). The van der Waals surface area contributed by atoms with Crippen molar-refractivity contribution in [2.45, 2.75) is 37.6 Å². The molecule has 1 unspecified atom stereocenters. The third-order valence-electron chi connectivity index (χ3n) is 5.44. The predicted molar refractivity (Wildman–Crippen MR) is 99.8 cm³/mol. The normalized spacial score (nSPS) is 16.4. The van der Waals surface area contributed by atoms with Gasteiger partial charge in [0.15, 0.2) is 0 Å². The number of hydrogen-bond acceptors (Lipinski definition) is 3. The molecule has 1 aromatic heterocycles. The first-order chi connectivity index (χ1) is 13.1. The highest BCUT2D eigenvalue weighted by atomic mass is 19.1. The molecule has 138 valence electrons. The van der Waals surface area contributed by atoms with Gasteiger partial charge in [-0.15, -0.1) is 0 Å². The molecule has 0 saturated heterocycles. The largest absolute Gasteiger partial charge is 0.349 e. The Morgan fingerprint density at radius 2 is 2.00 bits per heavy atom. The van der Waals surface area contributed by atoms with Crippen LogP contribution in [0.4, 0.5) is 4.39 Å². The molecule has 0 spiro atoms. The Kier molecular flexibility index (Phi) is 4.48. The van der Waals surface area contributed by atoms with Crippen molar-refractivity contribution in [2.75, 3.05) is 0 Å². The SMILES string of the molecule is CC(NC(=O)C1(c2cccc(F)c2)CCC1)c1ccc(-n2cncn2)cc1. The minimum Gasteiger partial charge on any atom is -0.349 e. The van der Waals surface area contributed by atoms with E-state index in [1.165, 1.54) is 18.5 Å². The molecule has 1 amide bonds. The maximum absolute atomic E-state index is 13.7. The van der Waals surface area contributed by atoms with Gasteiger partial charge in [0.25, 0.3) is 0 Å². The number of aromatic nitrogens is 3. The van der Waals surface area contributed by atoms with E-state index in [0.29, 0.717) is 0 Å². The second kappa shape index (κ2) is 6.95. The van der Waals surface area contributed by atoms with Crippen molar-refractivity contribution in [1.29, 1.82) is 0 Å². The molecule has 1 N–H and O–H groups in total. The van der Waals surface area contributed by atoms with Gasteiger partial charge in [-0.2, -0.15) is 5.10 Å². The highest BCUT2D eigenvalue weighted by Crippen LogP contribution is 2.44. The molecular weight excluding hydrogens is 343 g/mol. The number of benzene rings is 2. The number of amides is 1. The number of nitrogens with one attached hydrogen (secondary N) is 1. The van der Waals surface area contributed by atoms with Crippen molar-refractivity contribution in [3.8, 4) is 5.69 Å². The van der Waals surface area contributed by atoms with E-state index in [2.05, 4.69) is 15.4 Å². The second-order valence-electron chi connectivity index (χ2n) is 7.07. The number of hydrogen-bond donors (Lipinski definition) is 1. The minimum absolute atomic E-state index is 0.0350. The summed E-state index contributed by atoms with van der Waals surface area (Å²) in [6.07, 6.45) is 5.60. The maximum atomic E-state index is 13.7. The number of rotatable bonds is 5. The van der Waals surface area contributed by atoms with Crippen molar-refractivity contribution in [3.63, 3.8) is 0 Å². The molecule has 1 aliphatic rings. The molecule has 0 bridgehead atoms. The average Bonchev–Trinajstić information content (AvgIpc) is 3.15. The summed E-state index contributed by atoms with van der Waals surface area (Å²) in [6.45, 7) is 1.96. The fourth-order valence-electron chi connectivity index (χ4n) is 3.64. The zero-order chi connectivity index (χ0) is 18.9. The van der Waals surface area contributed by atoms with Crippen molar-refractivity contribution < 1.29 is 9.18 Å². The van der Waals surface area contributed by atoms with Gasteiger partial charge in [-0.1, -0.05) is 30.7 Å². The van der Waals surface area contributed by atoms with Gasteiger partial charge >= 0.3 is 0 Å². The smallest absolute Gasteiger partial charge is 0.231 e. The summed E-state index contributed by atoms with van der Waals surface area (Å²) in [5, 5.41) is 7.22. The van der Waals surface area contributed by atoms with E-state index >= 15 is 0 Å². The third kappa shape index (κ3) is 3.23. The van der Waals surface area contributed by atoms with Crippen LogP contribution >= 0.6 is 0 Å². The lowest BCUT2D eigenvalue weighted by molar-refractivity contribution is -0.130. The van der Waals surface area contributed by atoms with Gasteiger partial charge in [0.2, 0.25) is 5.91 Å². The Morgan fingerprint density at radius 1 is 1.22 bits per heavy atom. The van der Waals surface area contributed by atoms with E-state index in [1.54, 1.807) is 17.1 Å². The monoisotopic (exact) mass is 364 g/mol. The molecule has 1 saturated carbocycles. The number of carbonyl (C=O) groups excluding carboxylic acids is 1. The Hall–Kier alpha value is -3.02. The van der Waals surface area contributed by atoms with Crippen molar-refractivity contribution >= 4 is 5.91 Å². The van der Waals surface area contributed by atoms with Gasteiger partial charge in [-0.05, 0) is 55.2 Å². The Balaban J connectivity index is 1.50. The lowest BCUT2D eigenvalue weighted by Crippen LogP contribution is -2.49. The number of nitrogens with zero attached hydrogens (tertiary/aromatic N) is 3. The molecule has 1 heterocycles. The molecule has 1 fully saturated rings. The lowest BCUT2D eigenvalue weighted by atomic mass is 9.63. The molecule has 5 nitrogen and oxygen atoms in total. The van der Waals surface area contributed by atoms with Gasteiger partial charge in [0, 0.05) is 0 Å².